The summed E-state index contributed by atoms with van der Waals surface area (Å²) >= 11 is 0. The highest BCUT2D eigenvalue weighted by Gasteiger charge is 2.46. The molecule has 2 unspecified atom stereocenters. The molecule has 15 heteroatoms. The molecule has 2 saturated heterocycles. The van der Waals surface area contributed by atoms with Crippen LogP contribution in [0.2, 0.25) is 0 Å². The Morgan fingerprint density at radius 3 is 2.21 bits per heavy atom. The third-order valence-corrected chi connectivity index (χ3v) is 13.5. The normalized spacial score (nSPS) is 21.1. The number of fused-ring (bicyclic) bond motifs is 6. The quantitative estimate of drug-likeness (QED) is 0.108. The molecule has 4 N–H and O–H groups in total. The minimum atomic E-state index is -0.700. The van der Waals surface area contributed by atoms with Crippen molar-refractivity contribution in [3.05, 3.63) is 78.0 Å². The highest BCUT2D eigenvalue weighted by molar-refractivity contribution is 5.88. The topological polar surface area (TPSA) is 184 Å². The Bertz CT molecular complexity index is 2560. The lowest BCUT2D eigenvalue weighted by atomic mass is 9.90. The molecule has 63 heavy (non-hydrogen) atoms. The molecule has 3 aromatic carbocycles. The number of piperidine rings is 1. The van der Waals surface area contributed by atoms with E-state index >= 15 is 0 Å². The lowest BCUT2D eigenvalue weighted by Gasteiger charge is -2.42. The predicted molar refractivity (Wildman–Crippen MR) is 236 cm³/mol. The van der Waals surface area contributed by atoms with Gasteiger partial charge in [-0.3, -0.25) is 9.59 Å². The molecule has 3 aliphatic heterocycles. The number of carbonyl (C=O) groups excluding carboxylic acids is 4. The Morgan fingerprint density at radius 2 is 1.46 bits per heavy atom. The molecule has 15 nitrogen and oxygen atoms in total. The molecule has 2 bridgehead atoms. The first-order valence-electron chi connectivity index (χ1n) is 22.2. The number of nitrogens with one attached hydrogen (secondary N) is 4. The van der Waals surface area contributed by atoms with Gasteiger partial charge in [0.1, 0.15) is 36.1 Å². The molecule has 6 atom stereocenters. The van der Waals surface area contributed by atoms with Crippen LogP contribution in [0, 0.1) is 17.8 Å². The molecule has 5 aromatic rings. The second kappa shape index (κ2) is 17.1. The number of benzene rings is 3. The van der Waals surface area contributed by atoms with E-state index in [0.29, 0.717) is 19.1 Å². The van der Waals surface area contributed by atoms with Gasteiger partial charge in [-0.25, -0.2) is 19.6 Å². The number of hydrogen-bond acceptors (Lipinski definition) is 9. The Hall–Kier alpha value is -6.38. The van der Waals surface area contributed by atoms with Crippen LogP contribution in [0.5, 0.6) is 5.75 Å². The minimum absolute atomic E-state index is 0.0944. The summed E-state index contributed by atoms with van der Waals surface area (Å²) in [5.74, 6) is 2.35. The van der Waals surface area contributed by atoms with Gasteiger partial charge in [0.2, 0.25) is 11.8 Å². The van der Waals surface area contributed by atoms with Gasteiger partial charge in [0.05, 0.1) is 49.2 Å². The van der Waals surface area contributed by atoms with Crippen molar-refractivity contribution in [2.75, 3.05) is 20.8 Å². The number of imidazole rings is 2. The summed E-state index contributed by atoms with van der Waals surface area (Å²) in [6.45, 7) is 8.68. The smallest absolute Gasteiger partial charge is 0.407 e. The largest absolute Gasteiger partial charge is 0.488 e. The average molecular weight is 857 g/mol. The zero-order valence-corrected chi connectivity index (χ0v) is 36.7. The molecule has 4 aliphatic rings. The monoisotopic (exact) mass is 856 g/mol. The standard InChI is InChI=1S/C48H56N8O7/c1-25(2)41(53-47(59)61-5)45(57)55-17-7-8-38(55)43-49-23-37(52-43)30-11-14-33-31(20-30)24-63-40-22-29(10-15-34(33)40)28-12-16-35-36(21-28)51-44(50-35)39-19-27-9-13-32(18-27)56(39)46(58)42(26(3)4)54-48(60)62-6/h10-12,14-16,20-23,25-27,32,38-39,41-42H,7-9,13,17-19,24H2,1-6H3,(H,49,52)(H,50,51)(H,53,59)(H,54,60)/t27?,32-,38+,39?,41+,42+/m1/s1. The van der Waals surface area contributed by atoms with Gasteiger partial charge in [0, 0.05) is 18.2 Å². The maximum absolute atomic E-state index is 14.2. The van der Waals surface area contributed by atoms with Gasteiger partial charge in [0.15, 0.2) is 0 Å². The lowest BCUT2D eigenvalue weighted by molar-refractivity contribution is -0.141. The molecule has 1 aliphatic carbocycles. The van der Waals surface area contributed by atoms with Crippen LogP contribution in [0.3, 0.4) is 0 Å². The molecule has 5 heterocycles. The van der Waals surface area contributed by atoms with Crippen molar-refractivity contribution < 1.29 is 33.4 Å². The number of H-pyrrole nitrogens is 2. The van der Waals surface area contributed by atoms with E-state index in [1.807, 2.05) is 49.8 Å². The van der Waals surface area contributed by atoms with E-state index < -0.39 is 24.3 Å². The van der Waals surface area contributed by atoms with Crippen LogP contribution in [-0.2, 0) is 25.7 Å². The zero-order valence-electron chi connectivity index (χ0n) is 36.7. The van der Waals surface area contributed by atoms with Crippen LogP contribution < -0.4 is 15.4 Å². The zero-order chi connectivity index (χ0) is 44.1. The van der Waals surface area contributed by atoms with Crippen molar-refractivity contribution in [2.45, 2.75) is 103 Å². The Morgan fingerprint density at radius 1 is 0.762 bits per heavy atom. The van der Waals surface area contributed by atoms with Crippen molar-refractivity contribution in [3.8, 4) is 39.3 Å². The van der Waals surface area contributed by atoms with Gasteiger partial charge < -0.3 is 44.6 Å². The summed E-state index contributed by atoms with van der Waals surface area (Å²) in [6, 6.07) is 17.1. The molecular weight excluding hydrogens is 801 g/mol. The van der Waals surface area contributed by atoms with Crippen LogP contribution in [0.15, 0.2) is 60.8 Å². The summed E-state index contributed by atoms with van der Waals surface area (Å²) in [5, 5.41) is 5.50. The van der Waals surface area contributed by atoms with E-state index in [9.17, 15) is 19.2 Å². The second-order valence-electron chi connectivity index (χ2n) is 18.1. The number of alkyl carbamates (subject to hydrolysis) is 2. The van der Waals surface area contributed by atoms with E-state index in [-0.39, 0.29) is 41.8 Å². The molecule has 0 spiro atoms. The Labute approximate surface area is 366 Å². The second-order valence-corrected chi connectivity index (χ2v) is 18.1. The van der Waals surface area contributed by atoms with Gasteiger partial charge in [-0.1, -0.05) is 58.0 Å². The molecule has 330 valence electrons. The van der Waals surface area contributed by atoms with Gasteiger partial charge >= 0.3 is 12.2 Å². The fraction of sp³-hybridized carbons (Fsp3) is 0.458. The number of ether oxygens (including phenoxy) is 3. The third kappa shape index (κ3) is 7.97. The summed E-state index contributed by atoms with van der Waals surface area (Å²) < 4.78 is 16.1. The number of amides is 4. The number of likely N-dealkylation sites (tertiary alicyclic amines) is 2. The van der Waals surface area contributed by atoms with E-state index in [2.05, 4.69) is 69.1 Å². The molecule has 2 aromatic heterocycles. The fourth-order valence-electron chi connectivity index (χ4n) is 10.2. The predicted octanol–water partition coefficient (Wildman–Crippen LogP) is 8.05. The van der Waals surface area contributed by atoms with Gasteiger partial charge in [-0.2, -0.15) is 0 Å². The average Bonchev–Trinajstić information content (AvgIpc) is 4.12. The molecule has 1 saturated carbocycles. The van der Waals surface area contributed by atoms with Crippen molar-refractivity contribution in [3.63, 3.8) is 0 Å². The molecular formula is C48H56N8O7. The van der Waals surface area contributed by atoms with Crippen LogP contribution in [0.1, 0.15) is 95.5 Å². The number of aromatic amines is 2. The Balaban J connectivity index is 0.923. The number of nitrogens with zero attached hydrogens (tertiary/aromatic N) is 4. The summed E-state index contributed by atoms with van der Waals surface area (Å²) in [5.41, 5.74) is 8.75. The minimum Gasteiger partial charge on any atom is -0.488 e. The van der Waals surface area contributed by atoms with Gasteiger partial charge in [-0.05, 0) is 108 Å². The molecule has 9 rings (SSSR count). The maximum atomic E-state index is 14.2. The first kappa shape index (κ1) is 41.9. The number of methoxy groups -OCH3 is 2. The van der Waals surface area contributed by atoms with E-state index in [1.165, 1.54) is 14.2 Å². The summed E-state index contributed by atoms with van der Waals surface area (Å²) in [7, 11) is 2.60. The highest BCUT2D eigenvalue weighted by Crippen LogP contribution is 2.47. The highest BCUT2D eigenvalue weighted by atomic mass is 16.5. The number of carbonyl (C=O) groups is 4. The van der Waals surface area contributed by atoms with Crippen molar-refractivity contribution >= 4 is 35.0 Å². The number of hydrogen-bond donors (Lipinski definition) is 4. The number of aromatic nitrogens is 4. The van der Waals surface area contributed by atoms with Crippen LogP contribution in [-0.4, -0.2) is 92.6 Å². The maximum Gasteiger partial charge on any atom is 0.407 e. The van der Waals surface area contributed by atoms with Crippen molar-refractivity contribution in [1.82, 2.24) is 40.4 Å². The van der Waals surface area contributed by atoms with E-state index in [1.54, 1.807) is 0 Å². The summed E-state index contributed by atoms with van der Waals surface area (Å²) in [4.78, 5) is 72.8. The van der Waals surface area contributed by atoms with E-state index in [4.69, 9.17) is 24.2 Å². The van der Waals surface area contributed by atoms with Crippen LogP contribution in [0.25, 0.3) is 44.5 Å². The third-order valence-electron chi connectivity index (χ3n) is 13.5. The summed E-state index contributed by atoms with van der Waals surface area (Å²) in [6.07, 6.45) is 6.01. The van der Waals surface area contributed by atoms with Crippen molar-refractivity contribution in [1.29, 1.82) is 0 Å². The fourth-order valence-corrected chi connectivity index (χ4v) is 10.2. The van der Waals surface area contributed by atoms with Gasteiger partial charge in [-0.15, -0.1) is 0 Å². The first-order valence-corrected chi connectivity index (χ1v) is 22.2. The molecule has 0 radical (unpaired) electrons. The Kier molecular flexibility index (Phi) is 11.4. The lowest BCUT2D eigenvalue weighted by Crippen LogP contribution is -2.55. The van der Waals surface area contributed by atoms with Crippen LogP contribution >= 0.6 is 0 Å². The SMILES string of the molecule is COC(=O)N[C@H](C(=O)N1CCC[C@H]1c1ncc(-c2ccc3c(c2)COc2cc(-c4ccc5nc(C6CC7CC[C@H](C7)N6C(=O)[C@@H](NC(=O)OC)C(C)C)[nH]c5c4)ccc2-3)[nH]1)C(C)C. The van der Waals surface area contributed by atoms with Gasteiger partial charge in [0.25, 0.3) is 0 Å². The molecule has 3 fully saturated rings. The number of rotatable bonds is 10. The van der Waals surface area contributed by atoms with Crippen LogP contribution in [0.4, 0.5) is 9.59 Å². The molecule has 4 amide bonds. The van der Waals surface area contributed by atoms with E-state index in [0.717, 1.165) is 106 Å². The first-order chi connectivity index (χ1) is 30.4. The van der Waals surface area contributed by atoms with Crippen molar-refractivity contribution in [2.24, 2.45) is 17.8 Å².